The van der Waals surface area contributed by atoms with Gasteiger partial charge in [0.05, 0.1) is 6.04 Å². The maximum absolute atomic E-state index is 14.2. The van der Waals surface area contributed by atoms with Gasteiger partial charge in [0, 0.05) is 38.9 Å². The number of benzene rings is 2. The Hall–Kier alpha value is -6.57. The highest BCUT2D eigenvalue weighted by atomic mass is 16.4. The van der Waals surface area contributed by atoms with Crippen molar-refractivity contribution < 1.29 is 53.4 Å². The molecule has 0 aromatic heterocycles. The highest BCUT2D eigenvalue weighted by Gasteiger charge is 2.43. The van der Waals surface area contributed by atoms with E-state index in [2.05, 4.69) is 16.0 Å². The first-order chi connectivity index (χ1) is 30.0. The largest absolute Gasteiger partial charge is 0.508 e. The lowest BCUT2D eigenvalue weighted by Crippen LogP contribution is -2.59. The molecule has 3 fully saturated rings. The van der Waals surface area contributed by atoms with E-state index < -0.39 is 95.5 Å². The molecule has 3 saturated heterocycles. The van der Waals surface area contributed by atoms with Crippen molar-refractivity contribution in [1.29, 1.82) is 0 Å². The fourth-order valence-corrected chi connectivity index (χ4v) is 8.44. The van der Waals surface area contributed by atoms with Gasteiger partial charge in [-0.15, -0.1) is 0 Å². The summed E-state index contributed by atoms with van der Waals surface area (Å²) in [6.07, 6.45) is 1.02. The van der Waals surface area contributed by atoms with Crippen LogP contribution in [-0.4, -0.2) is 140 Å². The minimum absolute atomic E-state index is 0.0000255. The molecule has 5 rings (SSSR count). The first-order valence-electron chi connectivity index (χ1n) is 21.2. The predicted molar refractivity (Wildman–Crippen MR) is 224 cm³/mol. The summed E-state index contributed by atoms with van der Waals surface area (Å²) >= 11 is 0. The Morgan fingerprint density at radius 2 is 0.968 bits per heavy atom. The van der Waals surface area contributed by atoms with Crippen LogP contribution in [-0.2, 0) is 56.0 Å². The van der Waals surface area contributed by atoms with E-state index in [0.717, 1.165) is 0 Å². The van der Waals surface area contributed by atoms with Gasteiger partial charge in [0.15, 0.2) is 0 Å². The van der Waals surface area contributed by atoms with Crippen molar-refractivity contribution in [3.8, 4) is 5.75 Å². The molecular formula is C43H57N9O11. The zero-order valence-corrected chi connectivity index (χ0v) is 35.0. The lowest BCUT2D eigenvalue weighted by molar-refractivity contribution is -0.146. The molecule has 20 nitrogen and oxygen atoms in total. The quantitative estimate of drug-likeness (QED) is 0.0758. The van der Waals surface area contributed by atoms with Crippen LogP contribution in [0.25, 0.3) is 0 Å². The number of aromatic hydroxyl groups is 1. The number of hydrogen-bond donors (Lipinski definition) is 8. The first kappa shape index (κ1) is 47.5. The smallest absolute Gasteiger partial charge is 0.326 e. The van der Waals surface area contributed by atoms with E-state index in [-0.39, 0.29) is 83.2 Å². The summed E-state index contributed by atoms with van der Waals surface area (Å²) < 4.78 is 0. The Kier molecular flexibility index (Phi) is 16.6. The van der Waals surface area contributed by atoms with Crippen LogP contribution in [0.4, 0.5) is 0 Å². The Balaban J connectivity index is 1.26. The zero-order valence-electron chi connectivity index (χ0n) is 35.0. The molecule has 0 bridgehead atoms. The zero-order chi connectivity index (χ0) is 45.8. The van der Waals surface area contributed by atoms with Crippen molar-refractivity contribution in [1.82, 2.24) is 30.7 Å². The number of aliphatic carboxylic acids is 1. The Morgan fingerprint density at radius 3 is 1.38 bits per heavy atom. The molecule has 2 aromatic carbocycles. The predicted octanol–water partition coefficient (Wildman–Crippen LogP) is -1.45. The van der Waals surface area contributed by atoms with Crippen LogP contribution >= 0.6 is 0 Å². The molecule has 63 heavy (non-hydrogen) atoms. The summed E-state index contributed by atoms with van der Waals surface area (Å²) in [5.74, 6) is -6.66. The molecule has 340 valence electrons. The number of rotatable bonds is 20. The Morgan fingerprint density at radius 1 is 0.571 bits per heavy atom. The second-order valence-corrected chi connectivity index (χ2v) is 16.3. The number of carbonyl (C=O) groups excluding carboxylic acids is 8. The maximum Gasteiger partial charge on any atom is 0.326 e. The van der Waals surface area contributed by atoms with Gasteiger partial charge in [0.25, 0.3) is 0 Å². The van der Waals surface area contributed by atoms with Crippen LogP contribution in [0.2, 0.25) is 0 Å². The van der Waals surface area contributed by atoms with E-state index in [1.54, 1.807) is 42.5 Å². The summed E-state index contributed by atoms with van der Waals surface area (Å²) in [7, 11) is 0. The molecule has 3 aliphatic heterocycles. The number of nitrogens with zero attached hydrogens (tertiary/aromatic N) is 3. The third-order valence-corrected chi connectivity index (χ3v) is 11.7. The van der Waals surface area contributed by atoms with E-state index in [1.165, 1.54) is 26.8 Å². The van der Waals surface area contributed by atoms with E-state index >= 15 is 0 Å². The van der Waals surface area contributed by atoms with Gasteiger partial charge in [-0.3, -0.25) is 38.4 Å². The summed E-state index contributed by atoms with van der Waals surface area (Å²) in [6.45, 7) is 0.437. The van der Waals surface area contributed by atoms with Crippen LogP contribution in [0.15, 0.2) is 54.6 Å². The minimum Gasteiger partial charge on any atom is -0.508 e. The SMILES string of the molecule is NC(=O)CCC(NC(=O)C1CCCN1C(=O)C(N)Cc1ccc(O)cc1)C(=O)N1CCCC1C(=O)NC(CCC(N)=O)C(=O)N1CCCC1C(=O)NC(Cc1ccccc1)C(=O)O. The Labute approximate surface area is 364 Å². The number of nitrogens with one attached hydrogen (secondary N) is 3. The average Bonchev–Trinajstić information content (AvgIpc) is 4.06. The second-order valence-electron chi connectivity index (χ2n) is 16.3. The third-order valence-electron chi connectivity index (χ3n) is 11.7. The lowest BCUT2D eigenvalue weighted by atomic mass is 10.0. The molecule has 20 heteroatoms. The molecule has 7 unspecified atom stereocenters. The van der Waals surface area contributed by atoms with Crippen molar-refractivity contribution in [3.05, 3.63) is 65.7 Å². The summed E-state index contributed by atoms with van der Waals surface area (Å²) in [5, 5.41) is 27.4. The number of hydrogen-bond acceptors (Lipinski definition) is 11. The van der Waals surface area contributed by atoms with E-state index in [4.69, 9.17) is 17.2 Å². The van der Waals surface area contributed by atoms with Gasteiger partial charge in [-0.2, -0.15) is 0 Å². The number of nitrogens with two attached hydrogens (primary N) is 3. The van der Waals surface area contributed by atoms with Gasteiger partial charge in [0.1, 0.15) is 42.0 Å². The Bertz CT molecular complexity index is 2020. The normalized spacial score (nSPS) is 20.3. The summed E-state index contributed by atoms with van der Waals surface area (Å²) in [6, 6.07) is 6.78. The standard InChI is InChI=1S/C43H57N9O11/c44-28(23-26-12-14-27(53)15-13-26)40(59)50-20-4-9-32(50)37(56)47-29(16-18-35(45)54)41(60)51-21-5-10-33(51)38(57)48-30(17-19-36(46)55)42(61)52-22-6-11-34(52)39(58)49-31(43(62)63)24-25-7-2-1-3-8-25/h1-3,7-8,12-15,28-34,53H,4-6,9-11,16-24,44H2,(H2,45,54)(H2,46,55)(H,47,56)(H,48,57)(H,49,58)(H,62,63). The number of amides is 8. The van der Waals surface area contributed by atoms with Crippen molar-refractivity contribution in [2.75, 3.05) is 19.6 Å². The topological polar surface area (TPSA) is 318 Å². The molecule has 0 aliphatic carbocycles. The van der Waals surface area contributed by atoms with Crippen molar-refractivity contribution >= 4 is 53.2 Å². The molecule has 7 atom stereocenters. The molecule has 3 aliphatic rings. The lowest BCUT2D eigenvalue weighted by Gasteiger charge is -2.32. The molecule has 2 aromatic rings. The number of carbonyl (C=O) groups is 9. The number of likely N-dealkylation sites (tertiary alicyclic amines) is 3. The van der Waals surface area contributed by atoms with Crippen LogP contribution < -0.4 is 33.2 Å². The van der Waals surface area contributed by atoms with Crippen LogP contribution in [0, 0.1) is 0 Å². The van der Waals surface area contributed by atoms with E-state index in [0.29, 0.717) is 30.4 Å². The average molecular weight is 876 g/mol. The van der Waals surface area contributed by atoms with Crippen LogP contribution in [0.3, 0.4) is 0 Å². The van der Waals surface area contributed by atoms with Gasteiger partial charge < -0.3 is 58.1 Å². The van der Waals surface area contributed by atoms with Crippen molar-refractivity contribution in [2.45, 2.75) is 119 Å². The summed E-state index contributed by atoms with van der Waals surface area (Å²) in [4.78, 5) is 123. The van der Waals surface area contributed by atoms with Crippen molar-refractivity contribution in [3.63, 3.8) is 0 Å². The molecule has 11 N–H and O–H groups in total. The van der Waals surface area contributed by atoms with E-state index in [9.17, 15) is 53.4 Å². The highest BCUT2D eigenvalue weighted by Crippen LogP contribution is 2.25. The molecule has 3 heterocycles. The number of carboxylic acid groups (broad SMARTS) is 1. The van der Waals surface area contributed by atoms with Crippen LogP contribution in [0.5, 0.6) is 5.75 Å². The van der Waals surface area contributed by atoms with Gasteiger partial charge in [-0.05, 0) is 81.0 Å². The number of primary amides is 2. The van der Waals surface area contributed by atoms with Gasteiger partial charge in [0.2, 0.25) is 47.3 Å². The monoisotopic (exact) mass is 875 g/mol. The minimum atomic E-state index is -1.35. The molecule has 0 radical (unpaired) electrons. The number of phenolic OH excluding ortho intramolecular Hbond substituents is 1. The third kappa shape index (κ3) is 12.7. The number of phenols is 1. The van der Waals surface area contributed by atoms with Crippen LogP contribution in [0.1, 0.15) is 75.3 Å². The summed E-state index contributed by atoms with van der Waals surface area (Å²) in [5.41, 5.74) is 18.5. The fourth-order valence-electron chi connectivity index (χ4n) is 8.44. The highest BCUT2D eigenvalue weighted by molar-refractivity contribution is 5.98. The van der Waals surface area contributed by atoms with E-state index in [1.807, 2.05) is 0 Å². The fraction of sp³-hybridized carbons (Fsp3) is 0.512. The molecule has 0 saturated carbocycles. The maximum atomic E-state index is 14.2. The van der Waals surface area contributed by atoms with Gasteiger partial charge >= 0.3 is 5.97 Å². The van der Waals surface area contributed by atoms with Gasteiger partial charge in [-0.1, -0.05) is 42.5 Å². The van der Waals surface area contributed by atoms with Gasteiger partial charge in [-0.25, -0.2) is 4.79 Å². The number of carboxylic acids is 1. The van der Waals surface area contributed by atoms with Crippen molar-refractivity contribution in [2.24, 2.45) is 17.2 Å². The first-order valence-corrected chi connectivity index (χ1v) is 21.2. The molecule has 8 amide bonds. The second kappa shape index (κ2) is 22.0. The molecule has 0 spiro atoms. The molecular weight excluding hydrogens is 819 g/mol.